The minimum absolute atomic E-state index is 0.0394. The number of ether oxygens (including phenoxy) is 1. The van der Waals surface area contributed by atoms with Crippen LogP contribution in [0.4, 0.5) is 0 Å². The maximum atomic E-state index is 11.7. The van der Waals surface area contributed by atoms with Crippen molar-refractivity contribution in [2.45, 2.75) is 33.1 Å². The second-order valence-corrected chi connectivity index (χ2v) is 4.55. The maximum absolute atomic E-state index is 11.7. The molecule has 0 aromatic carbocycles. The molecule has 96 valence electrons. The van der Waals surface area contributed by atoms with E-state index in [0.717, 1.165) is 32.4 Å². The van der Waals surface area contributed by atoms with Crippen LogP contribution in [0, 0.1) is 11.8 Å². The van der Waals surface area contributed by atoms with Crippen molar-refractivity contribution in [1.82, 2.24) is 5.32 Å². The van der Waals surface area contributed by atoms with E-state index < -0.39 is 0 Å². The molecule has 1 amide bonds. The lowest BCUT2D eigenvalue weighted by molar-refractivity contribution is -0.125. The van der Waals surface area contributed by atoms with Gasteiger partial charge in [0.1, 0.15) is 0 Å². The number of rotatable bonds is 9. The smallest absolute Gasteiger partial charge is 0.224 e. The summed E-state index contributed by atoms with van der Waals surface area (Å²) in [5.74, 6) is 0.559. The molecule has 1 unspecified atom stereocenters. The lowest BCUT2D eigenvalue weighted by atomic mass is 9.96. The fourth-order valence-corrected chi connectivity index (χ4v) is 1.61. The molecule has 0 aliphatic carbocycles. The first-order valence-corrected chi connectivity index (χ1v) is 6.08. The molecule has 0 aromatic rings. The second-order valence-electron chi connectivity index (χ2n) is 4.55. The molecular weight excluding hydrogens is 204 g/mol. The van der Waals surface area contributed by atoms with E-state index in [1.54, 1.807) is 7.11 Å². The van der Waals surface area contributed by atoms with Crippen LogP contribution in [-0.4, -0.2) is 32.7 Å². The number of carbonyl (C=O) groups excluding carboxylic acids is 1. The van der Waals surface area contributed by atoms with Crippen LogP contribution < -0.4 is 11.1 Å². The summed E-state index contributed by atoms with van der Waals surface area (Å²) in [5.41, 5.74) is 5.59. The van der Waals surface area contributed by atoms with Gasteiger partial charge in [0.25, 0.3) is 0 Å². The van der Waals surface area contributed by atoms with Crippen molar-refractivity contribution in [2.75, 3.05) is 26.8 Å². The topological polar surface area (TPSA) is 64.3 Å². The van der Waals surface area contributed by atoms with Crippen LogP contribution in [0.1, 0.15) is 33.1 Å². The van der Waals surface area contributed by atoms with Crippen molar-refractivity contribution in [3.8, 4) is 0 Å². The van der Waals surface area contributed by atoms with Gasteiger partial charge in [-0.15, -0.1) is 0 Å². The van der Waals surface area contributed by atoms with Gasteiger partial charge in [0.15, 0.2) is 0 Å². The monoisotopic (exact) mass is 230 g/mol. The number of nitrogens with one attached hydrogen (secondary N) is 1. The Morgan fingerprint density at radius 1 is 1.38 bits per heavy atom. The zero-order valence-electron chi connectivity index (χ0n) is 10.8. The van der Waals surface area contributed by atoms with Gasteiger partial charge in [-0.3, -0.25) is 4.79 Å². The summed E-state index contributed by atoms with van der Waals surface area (Å²) in [4.78, 5) is 11.7. The number of methoxy groups -OCH3 is 1. The van der Waals surface area contributed by atoms with E-state index >= 15 is 0 Å². The molecule has 0 aromatic heterocycles. The molecule has 0 saturated heterocycles. The number of amides is 1. The van der Waals surface area contributed by atoms with Crippen molar-refractivity contribution in [3.63, 3.8) is 0 Å². The molecule has 4 nitrogen and oxygen atoms in total. The van der Waals surface area contributed by atoms with E-state index in [1.807, 2.05) is 0 Å². The molecule has 0 saturated carbocycles. The summed E-state index contributed by atoms with van der Waals surface area (Å²) in [6.07, 6.45) is 2.80. The Kier molecular flexibility index (Phi) is 9.24. The lowest BCUT2D eigenvalue weighted by Gasteiger charge is -2.16. The molecule has 0 rings (SSSR count). The molecule has 0 aliphatic heterocycles. The molecule has 0 heterocycles. The molecule has 1 atom stereocenters. The van der Waals surface area contributed by atoms with E-state index in [0.29, 0.717) is 12.5 Å². The third kappa shape index (κ3) is 7.65. The molecule has 4 heteroatoms. The zero-order chi connectivity index (χ0) is 12.4. The molecule has 0 bridgehead atoms. The summed E-state index contributed by atoms with van der Waals surface area (Å²) >= 11 is 0. The second kappa shape index (κ2) is 9.60. The van der Waals surface area contributed by atoms with E-state index in [9.17, 15) is 4.79 Å². The first kappa shape index (κ1) is 15.4. The summed E-state index contributed by atoms with van der Waals surface area (Å²) < 4.78 is 4.94. The normalized spacial score (nSPS) is 12.8. The highest BCUT2D eigenvalue weighted by molar-refractivity contribution is 5.78. The standard InChI is InChI=1S/C12H26N2O2/c1-10(2)8-11(9-13)12(15)14-6-4-5-7-16-3/h10-11H,4-9,13H2,1-3H3,(H,14,15). The third-order valence-corrected chi connectivity index (χ3v) is 2.49. The van der Waals surface area contributed by atoms with Gasteiger partial charge in [-0.25, -0.2) is 0 Å². The van der Waals surface area contributed by atoms with Gasteiger partial charge in [0, 0.05) is 26.8 Å². The lowest BCUT2D eigenvalue weighted by Crippen LogP contribution is -2.36. The fraction of sp³-hybridized carbons (Fsp3) is 0.917. The predicted molar refractivity (Wildman–Crippen MR) is 66.1 cm³/mol. The number of nitrogens with two attached hydrogens (primary N) is 1. The van der Waals surface area contributed by atoms with Gasteiger partial charge in [-0.1, -0.05) is 13.8 Å². The molecular formula is C12H26N2O2. The Bertz CT molecular complexity index is 184. The minimum Gasteiger partial charge on any atom is -0.385 e. The number of carbonyl (C=O) groups is 1. The first-order valence-electron chi connectivity index (χ1n) is 6.08. The molecule has 3 N–H and O–H groups in total. The average Bonchev–Trinajstić information content (AvgIpc) is 2.25. The Morgan fingerprint density at radius 3 is 2.56 bits per heavy atom. The van der Waals surface area contributed by atoms with Crippen LogP contribution in [0.2, 0.25) is 0 Å². The zero-order valence-corrected chi connectivity index (χ0v) is 10.8. The Hall–Kier alpha value is -0.610. The number of unbranched alkanes of at least 4 members (excludes halogenated alkanes) is 1. The number of hydrogen-bond acceptors (Lipinski definition) is 3. The third-order valence-electron chi connectivity index (χ3n) is 2.49. The van der Waals surface area contributed by atoms with Gasteiger partial charge in [0.05, 0.1) is 5.92 Å². The molecule has 0 aliphatic rings. The van der Waals surface area contributed by atoms with Crippen LogP contribution in [0.5, 0.6) is 0 Å². The average molecular weight is 230 g/mol. The van der Waals surface area contributed by atoms with Crippen molar-refractivity contribution in [3.05, 3.63) is 0 Å². The maximum Gasteiger partial charge on any atom is 0.224 e. The van der Waals surface area contributed by atoms with E-state index in [-0.39, 0.29) is 11.8 Å². The predicted octanol–water partition coefficient (Wildman–Crippen LogP) is 1.15. The van der Waals surface area contributed by atoms with Crippen molar-refractivity contribution in [2.24, 2.45) is 17.6 Å². The van der Waals surface area contributed by atoms with Crippen LogP contribution in [0.3, 0.4) is 0 Å². The summed E-state index contributed by atoms with van der Waals surface area (Å²) in [5, 5.41) is 2.92. The van der Waals surface area contributed by atoms with Crippen LogP contribution in [0.25, 0.3) is 0 Å². The first-order chi connectivity index (χ1) is 7.61. The van der Waals surface area contributed by atoms with Gasteiger partial charge >= 0.3 is 0 Å². The molecule has 16 heavy (non-hydrogen) atoms. The van der Waals surface area contributed by atoms with Crippen LogP contribution >= 0.6 is 0 Å². The fourth-order valence-electron chi connectivity index (χ4n) is 1.61. The van der Waals surface area contributed by atoms with Gasteiger partial charge in [-0.05, 0) is 25.2 Å². The van der Waals surface area contributed by atoms with Crippen molar-refractivity contribution < 1.29 is 9.53 Å². The molecule has 0 spiro atoms. The Labute approximate surface area is 98.9 Å². The minimum atomic E-state index is -0.0394. The summed E-state index contributed by atoms with van der Waals surface area (Å²) in [6.45, 7) is 6.12. The summed E-state index contributed by atoms with van der Waals surface area (Å²) in [6, 6.07) is 0. The van der Waals surface area contributed by atoms with E-state index in [1.165, 1.54) is 0 Å². The van der Waals surface area contributed by atoms with Gasteiger partial charge in [0.2, 0.25) is 5.91 Å². The Morgan fingerprint density at radius 2 is 2.06 bits per heavy atom. The van der Waals surface area contributed by atoms with Crippen LogP contribution in [-0.2, 0) is 9.53 Å². The van der Waals surface area contributed by atoms with E-state index in [2.05, 4.69) is 19.2 Å². The highest BCUT2D eigenvalue weighted by Gasteiger charge is 2.17. The Balaban J connectivity index is 3.67. The SMILES string of the molecule is COCCCCNC(=O)C(CN)CC(C)C. The van der Waals surface area contributed by atoms with Crippen molar-refractivity contribution >= 4 is 5.91 Å². The van der Waals surface area contributed by atoms with Gasteiger partial charge < -0.3 is 15.8 Å². The molecule has 0 fully saturated rings. The quantitative estimate of drug-likeness (QED) is 0.584. The van der Waals surface area contributed by atoms with Crippen molar-refractivity contribution in [1.29, 1.82) is 0 Å². The largest absolute Gasteiger partial charge is 0.385 e. The highest BCUT2D eigenvalue weighted by atomic mass is 16.5. The highest BCUT2D eigenvalue weighted by Crippen LogP contribution is 2.10. The number of hydrogen-bond donors (Lipinski definition) is 2. The summed E-state index contributed by atoms with van der Waals surface area (Å²) in [7, 11) is 1.69. The van der Waals surface area contributed by atoms with Crippen LogP contribution in [0.15, 0.2) is 0 Å². The van der Waals surface area contributed by atoms with Gasteiger partial charge in [-0.2, -0.15) is 0 Å². The van der Waals surface area contributed by atoms with E-state index in [4.69, 9.17) is 10.5 Å². The molecule has 0 radical (unpaired) electrons.